The molecule has 0 unspecified atom stereocenters. The Bertz CT molecular complexity index is 931. The molecule has 1 aromatic heterocycles. The van der Waals surface area contributed by atoms with Crippen LogP contribution in [0.5, 0.6) is 0 Å². The SMILES string of the molecule is CN1CCC(C(=O)NCc2cnc3ccccc3c2)(c2ccccc2)CC1. The van der Waals surface area contributed by atoms with Gasteiger partial charge >= 0.3 is 0 Å². The van der Waals surface area contributed by atoms with E-state index in [0.717, 1.165) is 48.0 Å². The van der Waals surface area contributed by atoms with E-state index in [-0.39, 0.29) is 5.91 Å². The zero-order chi connectivity index (χ0) is 18.7. The van der Waals surface area contributed by atoms with Crippen molar-refractivity contribution in [2.75, 3.05) is 20.1 Å². The van der Waals surface area contributed by atoms with Gasteiger partial charge in [0, 0.05) is 18.1 Å². The number of aromatic nitrogens is 1. The standard InChI is InChI=1S/C23H25N3O/c1-26-13-11-23(12-14-26,20-8-3-2-4-9-20)22(27)25-17-18-15-19-7-5-6-10-21(19)24-16-18/h2-10,15-16H,11-14,17H2,1H3,(H,25,27). The smallest absolute Gasteiger partial charge is 0.231 e. The number of pyridine rings is 1. The van der Waals surface area contributed by atoms with Crippen LogP contribution in [-0.4, -0.2) is 35.9 Å². The lowest BCUT2D eigenvalue weighted by Crippen LogP contribution is -2.50. The second-order valence-electron chi connectivity index (χ2n) is 7.47. The van der Waals surface area contributed by atoms with Gasteiger partial charge in [-0.3, -0.25) is 9.78 Å². The monoisotopic (exact) mass is 359 g/mol. The summed E-state index contributed by atoms with van der Waals surface area (Å²) >= 11 is 0. The first-order chi connectivity index (χ1) is 13.2. The molecule has 27 heavy (non-hydrogen) atoms. The Morgan fingerprint density at radius 1 is 1.07 bits per heavy atom. The van der Waals surface area contributed by atoms with Gasteiger partial charge in [0.15, 0.2) is 0 Å². The summed E-state index contributed by atoms with van der Waals surface area (Å²) in [6, 6.07) is 20.4. The number of likely N-dealkylation sites (tertiary alicyclic amines) is 1. The number of carbonyl (C=O) groups is 1. The molecule has 1 saturated heterocycles. The highest BCUT2D eigenvalue weighted by Gasteiger charge is 2.42. The Kier molecular flexibility index (Phi) is 4.90. The van der Waals surface area contributed by atoms with Crippen LogP contribution in [0.1, 0.15) is 24.0 Å². The third-order valence-corrected chi connectivity index (χ3v) is 5.70. The van der Waals surface area contributed by atoms with Gasteiger partial charge in [-0.2, -0.15) is 0 Å². The maximum Gasteiger partial charge on any atom is 0.231 e. The Balaban J connectivity index is 1.54. The van der Waals surface area contributed by atoms with E-state index >= 15 is 0 Å². The third-order valence-electron chi connectivity index (χ3n) is 5.70. The molecule has 2 aromatic carbocycles. The molecule has 1 N–H and O–H groups in total. The maximum atomic E-state index is 13.3. The molecule has 1 aliphatic heterocycles. The fourth-order valence-corrected chi connectivity index (χ4v) is 3.97. The van der Waals surface area contributed by atoms with Gasteiger partial charge in [0.05, 0.1) is 10.9 Å². The van der Waals surface area contributed by atoms with Crippen molar-refractivity contribution in [3.05, 3.63) is 78.0 Å². The van der Waals surface area contributed by atoms with Crippen molar-refractivity contribution in [1.29, 1.82) is 0 Å². The van der Waals surface area contributed by atoms with Gasteiger partial charge in [-0.15, -0.1) is 0 Å². The molecule has 4 rings (SSSR count). The average molecular weight is 359 g/mol. The topological polar surface area (TPSA) is 45.2 Å². The summed E-state index contributed by atoms with van der Waals surface area (Å²) in [7, 11) is 2.12. The summed E-state index contributed by atoms with van der Waals surface area (Å²) in [6.45, 7) is 2.36. The minimum absolute atomic E-state index is 0.120. The molecular weight excluding hydrogens is 334 g/mol. The number of carbonyl (C=O) groups excluding carboxylic acids is 1. The number of nitrogens with zero attached hydrogens (tertiary/aromatic N) is 2. The Labute approximate surface area is 160 Å². The molecule has 1 amide bonds. The molecule has 1 aliphatic rings. The van der Waals surface area contributed by atoms with Crippen LogP contribution in [0.15, 0.2) is 66.9 Å². The summed E-state index contributed by atoms with van der Waals surface area (Å²) in [5, 5.41) is 4.29. The number of hydrogen-bond acceptors (Lipinski definition) is 3. The second kappa shape index (κ2) is 7.49. The van der Waals surface area contributed by atoms with Crippen LogP contribution in [0.4, 0.5) is 0 Å². The van der Waals surface area contributed by atoms with Crippen molar-refractivity contribution >= 4 is 16.8 Å². The number of piperidine rings is 1. The van der Waals surface area contributed by atoms with Crippen molar-refractivity contribution in [3.63, 3.8) is 0 Å². The first-order valence-electron chi connectivity index (χ1n) is 9.53. The van der Waals surface area contributed by atoms with E-state index in [1.807, 2.05) is 42.6 Å². The van der Waals surface area contributed by atoms with Crippen LogP contribution in [0.3, 0.4) is 0 Å². The molecule has 4 heteroatoms. The van der Waals surface area contributed by atoms with Crippen LogP contribution >= 0.6 is 0 Å². The van der Waals surface area contributed by atoms with Crippen molar-refractivity contribution < 1.29 is 4.79 Å². The number of amides is 1. The lowest BCUT2D eigenvalue weighted by atomic mass is 9.72. The van der Waals surface area contributed by atoms with Crippen molar-refractivity contribution in [2.24, 2.45) is 0 Å². The molecule has 0 radical (unpaired) electrons. The van der Waals surface area contributed by atoms with Gasteiger partial charge < -0.3 is 10.2 Å². The fourth-order valence-electron chi connectivity index (χ4n) is 3.97. The van der Waals surface area contributed by atoms with Crippen molar-refractivity contribution in [1.82, 2.24) is 15.2 Å². The number of nitrogens with one attached hydrogen (secondary N) is 1. The number of hydrogen-bond donors (Lipinski definition) is 1. The van der Waals surface area contributed by atoms with Gasteiger partial charge in [0.25, 0.3) is 0 Å². The number of fused-ring (bicyclic) bond motifs is 1. The lowest BCUT2D eigenvalue weighted by Gasteiger charge is -2.39. The molecule has 0 atom stereocenters. The van der Waals surface area contributed by atoms with Crippen molar-refractivity contribution in [2.45, 2.75) is 24.8 Å². The first kappa shape index (κ1) is 17.7. The summed E-state index contributed by atoms with van der Waals surface area (Å²) < 4.78 is 0. The van der Waals surface area contributed by atoms with Crippen LogP contribution < -0.4 is 5.32 Å². The van der Waals surface area contributed by atoms with E-state index in [4.69, 9.17) is 0 Å². The molecule has 0 aliphatic carbocycles. The zero-order valence-electron chi connectivity index (χ0n) is 15.7. The van der Waals surface area contributed by atoms with E-state index in [1.165, 1.54) is 0 Å². The molecule has 0 spiro atoms. The van der Waals surface area contributed by atoms with Crippen molar-refractivity contribution in [3.8, 4) is 0 Å². The van der Waals surface area contributed by atoms with E-state index in [1.54, 1.807) is 0 Å². The van der Waals surface area contributed by atoms with Crippen LogP contribution in [0.2, 0.25) is 0 Å². The molecule has 138 valence electrons. The zero-order valence-corrected chi connectivity index (χ0v) is 15.7. The van der Waals surface area contributed by atoms with Crippen LogP contribution in [-0.2, 0) is 16.8 Å². The van der Waals surface area contributed by atoms with Gasteiger partial charge in [-0.1, -0.05) is 48.5 Å². The highest BCUT2D eigenvalue weighted by Crippen LogP contribution is 2.35. The summed E-state index contributed by atoms with van der Waals surface area (Å²) in [6.07, 6.45) is 3.54. The van der Waals surface area contributed by atoms with Crippen LogP contribution in [0, 0.1) is 0 Å². The Morgan fingerprint density at radius 2 is 1.78 bits per heavy atom. The third kappa shape index (κ3) is 3.58. The van der Waals surface area contributed by atoms with E-state index < -0.39 is 5.41 Å². The minimum atomic E-state index is -0.446. The summed E-state index contributed by atoms with van der Waals surface area (Å²) in [5.41, 5.74) is 2.67. The van der Waals surface area contributed by atoms with E-state index in [9.17, 15) is 4.79 Å². The molecule has 0 bridgehead atoms. The van der Waals surface area contributed by atoms with Gasteiger partial charge in [0.1, 0.15) is 0 Å². The number of para-hydroxylation sites is 1. The van der Waals surface area contributed by atoms with E-state index in [2.05, 4.69) is 46.5 Å². The van der Waals surface area contributed by atoms with E-state index in [0.29, 0.717) is 6.54 Å². The predicted octanol–water partition coefficient (Wildman–Crippen LogP) is 3.51. The molecule has 4 nitrogen and oxygen atoms in total. The van der Waals surface area contributed by atoms with Gasteiger partial charge in [-0.25, -0.2) is 0 Å². The predicted molar refractivity (Wildman–Crippen MR) is 108 cm³/mol. The second-order valence-corrected chi connectivity index (χ2v) is 7.47. The quantitative estimate of drug-likeness (QED) is 0.775. The fraction of sp³-hybridized carbons (Fsp3) is 0.304. The number of rotatable bonds is 4. The van der Waals surface area contributed by atoms with Gasteiger partial charge in [-0.05, 0) is 56.2 Å². The molecular formula is C23H25N3O. The Hall–Kier alpha value is -2.72. The maximum absolute atomic E-state index is 13.3. The molecule has 0 saturated carbocycles. The highest BCUT2D eigenvalue weighted by molar-refractivity contribution is 5.88. The highest BCUT2D eigenvalue weighted by atomic mass is 16.2. The molecule has 3 aromatic rings. The molecule has 1 fully saturated rings. The minimum Gasteiger partial charge on any atom is -0.351 e. The first-order valence-corrected chi connectivity index (χ1v) is 9.53. The number of benzene rings is 2. The Morgan fingerprint density at radius 3 is 2.56 bits per heavy atom. The summed E-state index contributed by atoms with van der Waals surface area (Å²) in [4.78, 5) is 20.1. The summed E-state index contributed by atoms with van der Waals surface area (Å²) in [5.74, 6) is 0.120. The average Bonchev–Trinajstić information content (AvgIpc) is 2.73. The molecule has 2 heterocycles. The normalized spacial score (nSPS) is 16.9. The van der Waals surface area contributed by atoms with Crippen LogP contribution in [0.25, 0.3) is 10.9 Å². The largest absolute Gasteiger partial charge is 0.351 e. The lowest BCUT2D eigenvalue weighted by molar-refractivity contribution is -0.128. The van der Waals surface area contributed by atoms with Gasteiger partial charge in [0.2, 0.25) is 5.91 Å².